The highest BCUT2D eigenvalue weighted by Gasteiger charge is 2.21. The molecule has 5 nitrogen and oxygen atoms in total. The molecule has 2 amide bonds. The summed E-state index contributed by atoms with van der Waals surface area (Å²) >= 11 is 0. The van der Waals surface area contributed by atoms with Crippen molar-refractivity contribution in [2.24, 2.45) is 0 Å². The Morgan fingerprint density at radius 3 is 1.95 bits per heavy atom. The predicted molar refractivity (Wildman–Crippen MR) is 87.1 cm³/mol. The van der Waals surface area contributed by atoms with Crippen LogP contribution in [0.2, 0.25) is 0 Å². The van der Waals surface area contributed by atoms with Crippen LogP contribution in [0.25, 0.3) is 0 Å². The lowest BCUT2D eigenvalue weighted by atomic mass is 10.1. The van der Waals surface area contributed by atoms with Crippen LogP contribution in [0.15, 0.2) is 24.3 Å². The van der Waals surface area contributed by atoms with Crippen molar-refractivity contribution in [1.29, 1.82) is 0 Å². The molecule has 1 aromatic carbocycles. The summed E-state index contributed by atoms with van der Waals surface area (Å²) in [7, 11) is 2.06. The fourth-order valence-electron chi connectivity index (χ4n) is 2.37. The maximum Gasteiger partial charge on any atom is 0.253 e. The Morgan fingerprint density at radius 1 is 0.955 bits per heavy atom. The minimum absolute atomic E-state index is 0.0379. The molecule has 0 aromatic heterocycles. The second-order valence-corrected chi connectivity index (χ2v) is 6.88. The lowest BCUT2D eigenvalue weighted by Crippen LogP contribution is -2.47. The molecule has 0 saturated carbocycles. The van der Waals surface area contributed by atoms with Gasteiger partial charge in [-0.25, -0.2) is 0 Å². The average Bonchev–Trinajstić information content (AvgIpc) is 2.46. The Balaban J connectivity index is 2.02. The highest BCUT2D eigenvalue weighted by molar-refractivity contribution is 5.98. The van der Waals surface area contributed by atoms with E-state index in [0.717, 1.165) is 26.2 Å². The molecule has 0 unspecified atom stereocenters. The molecule has 1 aliphatic heterocycles. The van der Waals surface area contributed by atoms with Crippen LogP contribution in [0.4, 0.5) is 0 Å². The second-order valence-electron chi connectivity index (χ2n) is 6.88. The van der Waals surface area contributed by atoms with Gasteiger partial charge in [0.15, 0.2) is 0 Å². The first kappa shape index (κ1) is 16.5. The van der Waals surface area contributed by atoms with E-state index in [4.69, 9.17) is 0 Å². The molecule has 1 N–H and O–H groups in total. The highest BCUT2D eigenvalue weighted by Crippen LogP contribution is 2.11. The first-order valence-electron chi connectivity index (χ1n) is 7.67. The number of nitrogens with one attached hydrogen (secondary N) is 1. The molecule has 0 bridgehead atoms. The Bertz CT molecular complexity index is 538. The second kappa shape index (κ2) is 6.48. The van der Waals surface area contributed by atoms with Gasteiger partial charge in [0.25, 0.3) is 11.8 Å². The molecule has 120 valence electrons. The van der Waals surface area contributed by atoms with Crippen molar-refractivity contribution in [2.75, 3.05) is 33.2 Å². The van der Waals surface area contributed by atoms with Gasteiger partial charge in [0.2, 0.25) is 0 Å². The van der Waals surface area contributed by atoms with Crippen molar-refractivity contribution in [3.8, 4) is 0 Å². The van der Waals surface area contributed by atoms with Crippen molar-refractivity contribution >= 4 is 11.8 Å². The average molecular weight is 303 g/mol. The van der Waals surface area contributed by atoms with Gasteiger partial charge in [-0.2, -0.15) is 0 Å². The van der Waals surface area contributed by atoms with Crippen molar-refractivity contribution in [3.05, 3.63) is 35.4 Å². The van der Waals surface area contributed by atoms with Crippen LogP contribution in [-0.2, 0) is 0 Å². The Kier molecular flexibility index (Phi) is 4.86. The third-order valence-electron chi connectivity index (χ3n) is 3.67. The standard InChI is InChI=1S/C17H25N3O2/c1-17(2,3)18-15(21)13-5-7-14(8-6-13)16(22)20-11-9-19(4)10-12-20/h5-8H,9-12H2,1-4H3,(H,18,21). The van der Waals surface area contributed by atoms with Crippen LogP contribution < -0.4 is 5.32 Å². The summed E-state index contributed by atoms with van der Waals surface area (Å²) in [5, 5.41) is 2.91. The van der Waals surface area contributed by atoms with Crippen molar-refractivity contribution < 1.29 is 9.59 Å². The highest BCUT2D eigenvalue weighted by atomic mass is 16.2. The van der Waals surface area contributed by atoms with Crippen LogP contribution in [0, 0.1) is 0 Å². The summed E-state index contributed by atoms with van der Waals surface area (Å²) in [5.74, 6) is -0.0815. The zero-order valence-electron chi connectivity index (χ0n) is 13.8. The van der Waals surface area contributed by atoms with Gasteiger partial charge in [-0.15, -0.1) is 0 Å². The number of likely N-dealkylation sites (N-methyl/N-ethyl adjacent to an activating group) is 1. The zero-order valence-corrected chi connectivity index (χ0v) is 13.8. The van der Waals surface area contributed by atoms with E-state index in [-0.39, 0.29) is 17.4 Å². The Morgan fingerprint density at radius 2 is 1.45 bits per heavy atom. The molecule has 0 spiro atoms. The molecule has 0 radical (unpaired) electrons. The van der Waals surface area contributed by atoms with E-state index in [0.29, 0.717) is 11.1 Å². The number of carbonyl (C=O) groups excluding carboxylic acids is 2. The number of piperazine rings is 1. The topological polar surface area (TPSA) is 52.7 Å². The summed E-state index contributed by atoms with van der Waals surface area (Å²) in [5.41, 5.74) is 0.938. The lowest BCUT2D eigenvalue weighted by Gasteiger charge is -2.32. The van der Waals surface area contributed by atoms with Crippen molar-refractivity contribution in [1.82, 2.24) is 15.1 Å². The van der Waals surface area contributed by atoms with E-state index in [2.05, 4.69) is 17.3 Å². The normalized spacial score (nSPS) is 16.5. The Hall–Kier alpha value is -1.88. The molecule has 1 saturated heterocycles. The quantitative estimate of drug-likeness (QED) is 0.903. The molecular weight excluding hydrogens is 278 g/mol. The van der Waals surface area contributed by atoms with Gasteiger partial charge in [-0.1, -0.05) is 0 Å². The van der Waals surface area contributed by atoms with Gasteiger partial charge < -0.3 is 15.1 Å². The molecular formula is C17H25N3O2. The van der Waals surface area contributed by atoms with Gasteiger partial charge in [-0.05, 0) is 52.1 Å². The van der Waals surface area contributed by atoms with E-state index in [1.165, 1.54) is 0 Å². The van der Waals surface area contributed by atoms with Crippen LogP contribution in [0.3, 0.4) is 0 Å². The van der Waals surface area contributed by atoms with Crippen LogP contribution in [0.5, 0.6) is 0 Å². The number of nitrogens with zero attached hydrogens (tertiary/aromatic N) is 2. The number of amides is 2. The third kappa shape index (κ3) is 4.31. The lowest BCUT2D eigenvalue weighted by molar-refractivity contribution is 0.0663. The van der Waals surface area contributed by atoms with Gasteiger partial charge in [0.1, 0.15) is 0 Å². The van der Waals surface area contributed by atoms with E-state index < -0.39 is 0 Å². The van der Waals surface area contributed by atoms with Crippen LogP contribution >= 0.6 is 0 Å². The summed E-state index contributed by atoms with van der Waals surface area (Å²) in [6.45, 7) is 9.13. The van der Waals surface area contributed by atoms with Gasteiger partial charge in [-0.3, -0.25) is 9.59 Å². The molecule has 1 heterocycles. The number of hydrogen-bond acceptors (Lipinski definition) is 3. The van der Waals surface area contributed by atoms with Gasteiger partial charge in [0.05, 0.1) is 0 Å². The third-order valence-corrected chi connectivity index (χ3v) is 3.67. The SMILES string of the molecule is CN1CCN(C(=O)c2ccc(C(=O)NC(C)(C)C)cc2)CC1. The van der Waals surface area contributed by atoms with E-state index >= 15 is 0 Å². The zero-order chi connectivity index (χ0) is 16.3. The monoisotopic (exact) mass is 303 g/mol. The van der Waals surface area contributed by atoms with Gasteiger partial charge in [0, 0.05) is 42.8 Å². The number of rotatable bonds is 2. The Labute approximate surface area is 132 Å². The van der Waals surface area contributed by atoms with E-state index in [1.54, 1.807) is 24.3 Å². The minimum Gasteiger partial charge on any atom is -0.347 e. The molecule has 0 aliphatic carbocycles. The maximum absolute atomic E-state index is 12.4. The molecule has 1 aromatic rings. The largest absolute Gasteiger partial charge is 0.347 e. The van der Waals surface area contributed by atoms with E-state index in [9.17, 15) is 9.59 Å². The van der Waals surface area contributed by atoms with Crippen molar-refractivity contribution in [2.45, 2.75) is 26.3 Å². The van der Waals surface area contributed by atoms with Crippen LogP contribution in [0.1, 0.15) is 41.5 Å². The maximum atomic E-state index is 12.4. The predicted octanol–water partition coefficient (Wildman–Crippen LogP) is 1.60. The number of hydrogen-bond donors (Lipinski definition) is 1. The van der Waals surface area contributed by atoms with Crippen molar-refractivity contribution in [3.63, 3.8) is 0 Å². The number of benzene rings is 1. The molecule has 1 aliphatic rings. The molecule has 1 fully saturated rings. The molecule has 5 heteroatoms. The van der Waals surface area contributed by atoms with Gasteiger partial charge >= 0.3 is 0 Å². The molecule has 0 atom stereocenters. The van der Waals surface area contributed by atoms with Crippen LogP contribution in [-0.4, -0.2) is 60.4 Å². The molecule has 2 rings (SSSR count). The first-order chi connectivity index (χ1) is 10.3. The summed E-state index contributed by atoms with van der Waals surface area (Å²) in [6.07, 6.45) is 0. The molecule has 22 heavy (non-hydrogen) atoms. The summed E-state index contributed by atoms with van der Waals surface area (Å²) in [4.78, 5) is 28.6. The summed E-state index contributed by atoms with van der Waals surface area (Å²) < 4.78 is 0. The minimum atomic E-state index is -0.272. The van der Waals surface area contributed by atoms with E-state index in [1.807, 2.05) is 25.7 Å². The number of carbonyl (C=O) groups is 2. The first-order valence-corrected chi connectivity index (χ1v) is 7.67. The fraction of sp³-hybridized carbons (Fsp3) is 0.529. The fourth-order valence-corrected chi connectivity index (χ4v) is 2.37. The smallest absolute Gasteiger partial charge is 0.253 e. The summed E-state index contributed by atoms with van der Waals surface area (Å²) in [6, 6.07) is 6.89.